The molecule has 0 atom stereocenters. The van der Waals surface area contributed by atoms with Gasteiger partial charge in [-0.1, -0.05) is 45.4 Å². The molecule has 0 aliphatic rings. The number of rotatable bonds is 22. The van der Waals surface area contributed by atoms with Crippen molar-refractivity contribution in [3.8, 4) is 0 Å². The van der Waals surface area contributed by atoms with Crippen molar-refractivity contribution in [3.05, 3.63) is 0 Å². The van der Waals surface area contributed by atoms with Crippen LogP contribution in [0.2, 0.25) is 0 Å². The van der Waals surface area contributed by atoms with Crippen molar-refractivity contribution in [3.63, 3.8) is 0 Å². The molecule has 0 bridgehead atoms. The minimum Gasteiger partial charge on any atom is -0.331 e. The van der Waals surface area contributed by atoms with Crippen molar-refractivity contribution in [2.45, 2.75) is 77.1 Å². The molecule has 0 heterocycles. The van der Waals surface area contributed by atoms with E-state index in [9.17, 15) is 0 Å². The highest BCUT2D eigenvalue weighted by atomic mass is 16.9. The van der Waals surface area contributed by atoms with Crippen molar-refractivity contribution in [1.82, 2.24) is 16.0 Å². The minimum absolute atomic E-state index is 0.784. The fraction of sp³-hybridized carbons (Fsp3) is 1.00. The molecule has 0 unspecified atom stereocenters. The van der Waals surface area contributed by atoms with Gasteiger partial charge < -0.3 is 30.2 Å². The van der Waals surface area contributed by atoms with Crippen molar-refractivity contribution < 1.29 is 14.2 Å². The Hall–Kier alpha value is -0.240. The summed E-state index contributed by atoms with van der Waals surface area (Å²) in [6.07, 6.45) is 12.2. The van der Waals surface area contributed by atoms with E-state index in [2.05, 4.69) is 22.9 Å². The minimum atomic E-state index is -0.853. The van der Waals surface area contributed by atoms with Crippen LogP contribution in [-0.4, -0.2) is 66.6 Å². The molecule has 0 aromatic heterocycles. The van der Waals surface area contributed by atoms with Crippen LogP contribution in [0.3, 0.4) is 0 Å². The second kappa shape index (κ2) is 20.5. The van der Waals surface area contributed by atoms with E-state index in [0.29, 0.717) is 0 Å². The number of nitrogens with one attached hydrogen (secondary N) is 3. The van der Waals surface area contributed by atoms with E-state index in [0.717, 1.165) is 52.1 Å². The largest absolute Gasteiger partial charge is 0.331 e. The summed E-state index contributed by atoms with van der Waals surface area (Å²) in [5.74, 6) is -0.853. The number of hydrogen-bond acceptors (Lipinski definition) is 6. The summed E-state index contributed by atoms with van der Waals surface area (Å²) in [5.41, 5.74) is 0. The van der Waals surface area contributed by atoms with E-state index in [1.807, 2.05) is 0 Å². The Morgan fingerprint density at radius 2 is 0.926 bits per heavy atom. The second-order valence-electron chi connectivity index (χ2n) is 7.12. The third-order valence-electron chi connectivity index (χ3n) is 4.90. The lowest BCUT2D eigenvalue weighted by Crippen LogP contribution is -2.35. The predicted octanol–water partition coefficient (Wildman–Crippen LogP) is 3.27. The van der Waals surface area contributed by atoms with Crippen molar-refractivity contribution >= 4 is 0 Å². The van der Waals surface area contributed by atoms with Crippen LogP contribution >= 0.6 is 0 Å². The first-order valence-electron chi connectivity index (χ1n) is 11.0. The summed E-state index contributed by atoms with van der Waals surface area (Å²) >= 11 is 0. The topological polar surface area (TPSA) is 63.8 Å². The molecule has 0 fully saturated rings. The molecule has 0 saturated heterocycles. The summed E-state index contributed by atoms with van der Waals surface area (Å²) in [6, 6.07) is 0. The van der Waals surface area contributed by atoms with Crippen molar-refractivity contribution in [1.29, 1.82) is 0 Å². The molecule has 3 N–H and O–H groups in total. The molecule has 0 amide bonds. The normalized spacial score (nSPS) is 12.0. The van der Waals surface area contributed by atoms with Crippen LogP contribution in [0.25, 0.3) is 0 Å². The first-order valence-corrected chi connectivity index (χ1v) is 11.0. The molecule has 6 heteroatoms. The summed E-state index contributed by atoms with van der Waals surface area (Å²) in [4.78, 5) is 0. The number of methoxy groups -OCH3 is 3. The van der Waals surface area contributed by atoms with Gasteiger partial charge >= 0.3 is 0 Å². The summed E-state index contributed by atoms with van der Waals surface area (Å²) in [7, 11) is 4.89. The van der Waals surface area contributed by atoms with Gasteiger partial charge in [-0.3, -0.25) is 0 Å². The lowest BCUT2D eigenvalue weighted by atomic mass is 10.1. The van der Waals surface area contributed by atoms with Crippen LogP contribution in [-0.2, 0) is 14.2 Å². The summed E-state index contributed by atoms with van der Waals surface area (Å²) in [5, 5.41) is 10.4. The maximum atomic E-state index is 5.31. The molecular formula is C21H47N3O3. The number of unbranched alkanes of at least 4 members (excludes halogenated alkanes) is 7. The monoisotopic (exact) mass is 389 g/mol. The molecule has 0 aliphatic heterocycles. The summed E-state index contributed by atoms with van der Waals surface area (Å²) < 4.78 is 15.9. The molecular weight excluding hydrogens is 342 g/mol. The average molecular weight is 390 g/mol. The van der Waals surface area contributed by atoms with Gasteiger partial charge in [-0.15, -0.1) is 0 Å². The lowest BCUT2D eigenvalue weighted by Gasteiger charge is -2.28. The fourth-order valence-electron chi connectivity index (χ4n) is 3.11. The van der Waals surface area contributed by atoms with E-state index < -0.39 is 5.97 Å². The van der Waals surface area contributed by atoms with Crippen LogP contribution in [0.15, 0.2) is 0 Å². The third-order valence-corrected chi connectivity index (χ3v) is 4.90. The highest BCUT2D eigenvalue weighted by molar-refractivity contribution is 4.57. The van der Waals surface area contributed by atoms with E-state index >= 15 is 0 Å². The quantitative estimate of drug-likeness (QED) is 0.195. The molecule has 0 aromatic carbocycles. The SMILES string of the molecule is CCCNCCNCCNCCCCCCCCCCC(OC)(OC)OC. The Labute approximate surface area is 168 Å². The number of hydrogen-bond donors (Lipinski definition) is 3. The maximum absolute atomic E-state index is 5.31. The summed E-state index contributed by atoms with van der Waals surface area (Å²) in [6.45, 7) is 8.72. The lowest BCUT2D eigenvalue weighted by molar-refractivity contribution is -0.355. The Morgan fingerprint density at radius 1 is 0.519 bits per heavy atom. The first-order chi connectivity index (χ1) is 13.2. The second-order valence-corrected chi connectivity index (χ2v) is 7.12. The van der Waals surface area contributed by atoms with E-state index in [4.69, 9.17) is 14.2 Å². The van der Waals surface area contributed by atoms with Crippen LogP contribution < -0.4 is 16.0 Å². The third kappa shape index (κ3) is 16.4. The van der Waals surface area contributed by atoms with Gasteiger partial charge in [-0.25, -0.2) is 0 Å². The van der Waals surface area contributed by atoms with Crippen LogP contribution in [0, 0.1) is 0 Å². The Bertz CT molecular complexity index is 282. The molecule has 27 heavy (non-hydrogen) atoms. The number of ether oxygens (including phenoxy) is 3. The van der Waals surface area contributed by atoms with Crippen molar-refractivity contribution in [2.24, 2.45) is 0 Å². The van der Waals surface area contributed by atoms with Gasteiger partial charge in [0, 0.05) is 53.9 Å². The van der Waals surface area contributed by atoms with Gasteiger partial charge in [0.05, 0.1) is 0 Å². The zero-order valence-corrected chi connectivity index (χ0v) is 18.5. The van der Waals surface area contributed by atoms with E-state index in [1.54, 1.807) is 21.3 Å². The maximum Gasteiger partial charge on any atom is 0.282 e. The molecule has 0 spiro atoms. The van der Waals surface area contributed by atoms with Gasteiger partial charge in [-0.05, 0) is 32.4 Å². The molecule has 0 radical (unpaired) electrons. The Kier molecular flexibility index (Phi) is 20.3. The van der Waals surface area contributed by atoms with Crippen molar-refractivity contribution in [2.75, 3.05) is 60.6 Å². The molecule has 0 saturated carbocycles. The van der Waals surface area contributed by atoms with Gasteiger partial charge in [0.25, 0.3) is 5.97 Å². The van der Waals surface area contributed by atoms with Crippen LogP contribution in [0.4, 0.5) is 0 Å². The van der Waals surface area contributed by atoms with Crippen LogP contribution in [0.1, 0.15) is 71.1 Å². The van der Waals surface area contributed by atoms with Gasteiger partial charge in [0.2, 0.25) is 0 Å². The van der Waals surface area contributed by atoms with Gasteiger partial charge in [-0.2, -0.15) is 0 Å². The molecule has 164 valence electrons. The molecule has 0 aromatic rings. The predicted molar refractivity (Wildman–Crippen MR) is 114 cm³/mol. The average Bonchev–Trinajstić information content (AvgIpc) is 2.70. The Morgan fingerprint density at radius 3 is 1.41 bits per heavy atom. The Balaban J connectivity index is 3.19. The van der Waals surface area contributed by atoms with Crippen LogP contribution in [0.5, 0.6) is 0 Å². The van der Waals surface area contributed by atoms with E-state index in [1.165, 1.54) is 51.4 Å². The zero-order chi connectivity index (χ0) is 20.1. The smallest absolute Gasteiger partial charge is 0.282 e. The standard InChI is InChI=1S/C21H47N3O3/c1-5-15-22-17-19-24-20-18-23-16-13-11-9-7-6-8-10-12-14-21(25-2,26-3)27-4/h22-24H,5-20H2,1-4H3. The molecule has 0 rings (SSSR count). The van der Waals surface area contributed by atoms with E-state index in [-0.39, 0.29) is 0 Å². The highest BCUT2D eigenvalue weighted by Gasteiger charge is 2.28. The molecule has 0 aliphatic carbocycles. The van der Waals surface area contributed by atoms with Gasteiger partial charge in [0.1, 0.15) is 0 Å². The first kappa shape index (κ1) is 26.8. The fourth-order valence-corrected chi connectivity index (χ4v) is 3.11. The zero-order valence-electron chi connectivity index (χ0n) is 18.5. The molecule has 6 nitrogen and oxygen atoms in total. The highest BCUT2D eigenvalue weighted by Crippen LogP contribution is 2.21. The van der Waals surface area contributed by atoms with Gasteiger partial charge in [0.15, 0.2) is 0 Å².